The van der Waals surface area contributed by atoms with Crippen molar-refractivity contribution in [3.63, 3.8) is 0 Å². The van der Waals surface area contributed by atoms with Crippen molar-refractivity contribution in [1.82, 2.24) is 16.1 Å². The summed E-state index contributed by atoms with van der Waals surface area (Å²) in [4.78, 5) is 21.8. The van der Waals surface area contributed by atoms with Crippen LogP contribution in [-0.4, -0.2) is 24.0 Å². The van der Waals surface area contributed by atoms with Crippen molar-refractivity contribution in [2.45, 2.75) is 51.1 Å². The van der Waals surface area contributed by atoms with E-state index in [0.29, 0.717) is 6.42 Å². The van der Waals surface area contributed by atoms with E-state index in [1.54, 1.807) is 0 Å². The van der Waals surface area contributed by atoms with E-state index in [9.17, 15) is 9.59 Å². The molecule has 0 aromatic carbocycles. The highest BCUT2D eigenvalue weighted by Crippen LogP contribution is 2.11. The molecule has 2 unspecified atom stereocenters. The number of nitrogens with one attached hydrogen (secondary N) is 3. The van der Waals surface area contributed by atoms with Gasteiger partial charge in [-0.2, -0.15) is 0 Å². The van der Waals surface area contributed by atoms with Gasteiger partial charge in [0.15, 0.2) is 0 Å². The average Bonchev–Trinajstić information content (AvgIpc) is 2.56. The molecule has 1 saturated heterocycles. The maximum Gasteiger partial charge on any atom is 0.315 e. The Morgan fingerprint density at radius 1 is 1.38 bits per heavy atom. The minimum absolute atomic E-state index is 0.0833. The van der Waals surface area contributed by atoms with Crippen molar-refractivity contribution < 1.29 is 9.59 Å². The lowest BCUT2D eigenvalue weighted by atomic mass is 10.0. The molecule has 6 nitrogen and oxygen atoms in total. The molecule has 5 N–H and O–H groups in total. The lowest BCUT2D eigenvalue weighted by molar-refractivity contribution is -0.121. The fourth-order valence-electron chi connectivity index (χ4n) is 1.86. The quantitative estimate of drug-likeness (QED) is 0.223. The van der Waals surface area contributed by atoms with Crippen LogP contribution in [0.4, 0.5) is 4.79 Å². The van der Waals surface area contributed by atoms with Crippen molar-refractivity contribution >= 4 is 11.9 Å². The highest BCUT2D eigenvalue weighted by molar-refractivity contribution is 5.77. The van der Waals surface area contributed by atoms with Gasteiger partial charge in [0.05, 0.1) is 6.04 Å². The molecule has 0 radical (unpaired) electrons. The van der Waals surface area contributed by atoms with Gasteiger partial charge in [0.1, 0.15) is 0 Å². The summed E-state index contributed by atoms with van der Waals surface area (Å²) in [5, 5.41) is 5.67. The summed E-state index contributed by atoms with van der Waals surface area (Å²) in [6.07, 6.45) is 4.25. The molecule has 1 aliphatic rings. The number of hydrazine groups is 1. The number of unbranched alkanes of at least 4 members (excludes halogenated alkanes) is 2. The van der Waals surface area contributed by atoms with Gasteiger partial charge in [-0.05, 0) is 19.8 Å². The molecule has 1 aliphatic heterocycles. The molecule has 0 aliphatic carbocycles. The van der Waals surface area contributed by atoms with Crippen LogP contribution in [0.25, 0.3) is 0 Å². The molecule has 0 bridgehead atoms. The zero-order valence-corrected chi connectivity index (χ0v) is 9.58. The molecule has 3 amide bonds. The summed E-state index contributed by atoms with van der Waals surface area (Å²) in [7, 11) is 0. The van der Waals surface area contributed by atoms with E-state index < -0.39 is 0 Å². The second-order valence-electron chi connectivity index (χ2n) is 4.18. The Balaban J connectivity index is 2.03. The molecule has 2 atom stereocenters. The van der Waals surface area contributed by atoms with E-state index in [2.05, 4.69) is 16.1 Å². The molecule has 92 valence electrons. The molecular weight excluding hydrogens is 208 g/mol. The van der Waals surface area contributed by atoms with Gasteiger partial charge in [-0.25, -0.2) is 10.6 Å². The van der Waals surface area contributed by atoms with Crippen molar-refractivity contribution in [2.24, 2.45) is 5.84 Å². The molecule has 0 aromatic heterocycles. The topological polar surface area (TPSA) is 96.2 Å². The van der Waals surface area contributed by atoms with Gasteiger partial charge in [-0.15, -0.1) is 0 Å². The van der Waals surface area contributed by atoms with E-state index >= 15 is 0 Å². The Hall–Kier alpha value is -1.30. The summed E-state index contributed by atoms with van der Waals surface area (Å²) in [6, 6.07) is 0.329. The van der Waals surface area contributed by atoms with Crippen LogP contribution < -0.4 is 21.9 Å². The Labute approximate surface area is 95.3 Å². The Morgan fingerprint density at radius 2 is 2.12 bits per heavy atom. The number of urea groups is 1. The van der Waals surface area contributed by atoms with Crippen molar-refractivity contribution in [3.05, 3.63) is 0 Å². The first kappa shape index (κ1) is 12.8. The first-order chi connectivity index (χ1) is 7.63. The van der Waals surface area contributed by atoms with Crippen LogP contribution in [0.3, 0.4) is 0 Å². The largest absolute Gasteiger partial charge is 0.334 e. The maximum atomic E-state index is 11.0. The van der Waals surface area contributed by atoms with Crippen molar-refractivity contribution in [2.75, 3.05) is 0 Å². The maximum absolute atomic E-state index is 11.0. The first-order valence-corrected chi connectivity index (χ1v) is 5.70. The van der Waals surface area contributed by atoms with Gasteiger partial charge >= 0.3 is 6.03 Å². The minimum Gasteiger partial charge on any atom is -0.334 e. The second kappa shape index (κ2) is 6.32. The van der Waals surface area contributed by atoms with Crippen LogP contribution in [-0.2, 0) is 4.79 Å². The standard InChI is InChI=1S/C10H20N4O2/c1-7-8(13-10(16)12-7)5-3-2-4-6-9(15)14-11/h7-8H,2-6,11H2,1H3,(H,14,15)(H2,12,13,16). The lowest BCUT2D eigenvalue weighted by Gasteiger charge is -2.13. The normalized spacial score (nSPS) is 23.8. The van der Waals surface area contributed by atoms with Gasteiger partial charge in [-0.3, -0.25) is 10.2 Å². The number of amides is 3. The van der Waals surface area contributed by atoms with Gasteiger partial charge in [0.25, 0.3) is 0 Å². The van der Waals surface area contributed by atoms with Crippen LogP contribution in [0.2, 0.25) is 0 Å². The highest BCUT2D eigenvalue weighted by atomic mass is 16.2. The number of rotatable bonds is 6. The second-order valence-corrected chi connectivity index (χ2v) is 4.18. The Morgan fingerprint density at radius 3 is 2.69 bits per heavy atom. The molecule has 1 fully saturated rings. The molecule has 1 heterocycles. The van der Waals surface area contributed by atoms with Gasteiger partial charge < -0.3 is 10.6 Å². The zero-order valence-electron chi connectivity index (χ0n) is 9.58. The predicted molar refractivity (Wildman–Crippen MR) is 60.3 cm³/mol. The van der Waals surface area contributed by atoms with Crippen molar-refractivity contribution in [1.29, 1.82) is 0 Å². The summed E-state index contributed by atoms with van der Waals surface area (Å²) in [5.41, 5.74) is 2.10. The number of nitrogens with two attached hydrogens (primary N) is 1. The van der Waals surface area contributed by atoms with E-state index in [0.717, 1.165) is 25.7 Å². The number of hydrogen-bond acceptors (Lipinski definition) is 3. The predicted octanol–water partition coefficient (Wildman–Crippen LogP) is -0.00330. The van der Waals surface area contributed by atoms with Crippen LogP contribution in [0.1, 0.15) is 39.0 Å². The molecule has 0 spiro atoms. The Bertz CT molecular complexity index is 257. The third kappa shape index (κ3) is 4.06. The Kier molecular flexibility index (Phi) is 5.04. The number of hydrogen-bond donors (Lipinski definition) is 4. The van der Waals surface area contributed by atoms with Crippen molar-refractivity contribution in [3.8, 4) is 0 Å². The monoisotopic (exact) mass is 228 g/mol. The molecule has 0 saturated carbocycles. The molecular formula is C10H20N4O2. The van der Waals surface area contributed by atoms with Gasteiger partial charge in [0, 0.05) is 12.5 Å². The molecule has 16 heavy (non-hydrogen) atoms. The number of carbonyl (C=O) groups excluding carboxylic acids is 2. The molecule has 6 heteroatoms. The smallest absolute Gasteiger partial charge is 0.315 e. The fraction of sp³-hybridized carbons (Fsp3) is 0.800. The summed E-state index contributed by atoms with van der Waals surface area (Å²) < 4.78 is 0. The zero-order chi connectivity index (χ0) is 12.0. The molecule has 1 rings (SSSR count). The van der Waals surface area contributed by atoms with Gasteiger partial charge in [0.2, 0.25) is 5.91 Å². The summed E-state index contributed by atoms with van der Waals surface area (Å²) in [6.45, 7) is 1.99. The SMILES string of the molecule is CC1NC(=O)NC1CCCCCC(=O)NN. The van der Waals surface area contributed by atoms with E-state index in [4.69, 9.17) is 5.84 Å². The summed E-state index contributed by atoms with van der Waals surface area (Å²) >= 11 is 0. The average molecular weight is 228 g/mol. The van der Waals surface area contributed by atoms with Crippen LogP contribution in [0.15, 0.2) is 0 Å². The highest BCUT2D eigenvalue weighted by Gasteiger charge is 2.26. The van der Waals surface area contributed by atoms with Crippen LogP contribution in [0, 0.1) is 0 Å². The van der Waals surface area contributed by atoms with Crippen LogP contribution >= 0.6 is 0 Å². The molecule has 0 aromatic rings. The third-order valence-electron chi connectivity index (χ3n) is 2.86. The lowest BCUT2D eigenvalue weighted by Crippen LogP contribution is -2.30. The minimum atomic E-state index is -0.121. The van der Waals surface area contributed by atoms with Crippen LogP contribution in [0.5, 0.6) is 0 Å². The van der Waals surface area contributed by atoms with E-state index in [1.807, 2.05) is 6.92 Å². The number of carbonyl (C=O) groups is 2. The first-order valence-electron chi connectivity index (χ1n) is 5.70. The van der Waals surface area contributed by atoms with E-state index in [1.165, 1.54) is 0 Å². The third-order valence-corrected chi connectivity index (χ3v) is 2.86. The fourth-order valence-corrected chi connectivity index (χ4v) is 1.86. The summed E-state index contributed by atoms with van der Waals surface area (Å²) in [5.74, 6) is 4.84. The van der Waals surface area contributed by atoms with E-state index in [-0.39, 0.29) is 24.0 Å². The van der Waals surface area contributed by atoms with Gasteiger partial charge in [-0.1, -0.05) is 12.8 Å².